The zero-order valence-corrected chi connectivity index (χ0v) is 11.3. The molecule has 1 heterocycles. The molecule has 0 aromatic carbocycles. The first-order chi connectivity index (χ1) is 7.93. The number of anilines is 1. The predicted octanol–water partition coefficient (Wildman–Crippen LogP) is 2.72. The van der Waals surface area contributed by atoms with E-state index in [1.54, 1.807) is 5.51 Å². The van der Waals surface area contributed by atoms with Crippen LogP contribution in [0.5, 0.6) is 0 Å². The van der Waals surface area contributed by atoms with Crippen LogP contribution in [-0.4, -0.2) is 16.1 Å². The maximum atomic E-state index is 12.1. The van der Waals surface area contributed by atoms with Crippen molar-refractivity contribution in [2.24, 2.45) is 17.3 Å². The van der Waals surface area contributed by atoms with Crippen molar-refractivity contribution in [2.45, 2.75) is 27.7 Å². The standard InChI is InChI=1S/C12H17N3OS/c1-7(2)5-8-9(12(8,3)4)10(16)14-11-15-13-6-17-11/h5-6,8-9H,1-4H3,(H,14,15,16)/t8-,9-/m0/s1. The van der Waals surface area contributed by atoms with Gasteiger partial charge in [0, 0.05) is 0 Å². The second-order valence-corrected chi connectivity index (χ2v) is 6.14. The van der Waals surface area contributed by atoms with Gasteiger partial charge in [0.05, 0.1) is 5.92 Å². The Balaban J connectivity index is 2.04. The lowest BCUT2D eigenvalue weighted by molar-refractivity contribution is -0.118. The van der Waals surface area contributed by atoms with Crippen molar-refractivity contribution in [1.29, 1.82) is 0 Å². The van der Waals surface area contributed by atoms with Crippen molar-refractivity contribution in [1.82, 2.24) is 10.2 Å². The fraction of sp³-hybridized carbons (Fsp3) is 0.583. The Hall–Kier alpha value is -1.23. The summed E-state index contributed by atoms with van der Waals surface area (Å²) in [6.07, 6.45) is 2.18. The summed E-state index contributed by atoms with van der Waals surface area (Å²) >= 11 is 1.34. The van der Waals surface area contributed by atoms with Gasteiger partial charge in [-0.2, -0.15) is 0 Å². The first-order valence-electron chi connectivity index (χ1n) is 5.65. The summed E-state index contributed by atoms with van der Waals surface area (Å²) in [5, 5.41) is 10.9. The molecule has 1 N–H and O–H groups in total. The fourth-order valence-electron chi connectivity index (χ4n) is 2.26. The van der Waals surface area contributed by atoms with Gasteiger partial charge in [-0.1, -0.05) is 36.8 Å². The van der Waals surface area contributed by atoms with Crippen LogP contribution in [0, 0.1) is 17.3 Å². The van der Waals surface area contributed by atoms with Crippen LogP contribution in [0.15, 0.2) is 17.2 Å². The summed E-state index contributed by atoms with van der Waals surface area (Å²) in [4.78, 5) is 12.1. The third-order valence-electron chi connectivity index (χ3n) is 3.30. The van der Waals surface area contributed by atoms with Gasteiger partial charge in [-0.15, -0.1) is 10.2 Å². The Morgan fingerprint density at radius 2 is 2.24 bits per heavy atom. The Morgan fingerprint density at radius 1 is 1.53 bits per heavy atom. The second kappa shape index (κ2) is 4.22. The van der Waals surface area contributed by atoms with E-state index in [0.717, 1.165) is 0 Å². The highest BCUT2D eigenvalue weighted by molar-refractivity contribution is 7.13. The Bertz CT molecular complexity index is 446. The third-order valence-corrected chi connectivity index (χ3v) is 3.90. The van der Waals surface area contributed by atoms with Gasteiger partial charge in [0.15, 0.2) is 0 Å². The first kappa shape index (κ1) is 12.2. The van der Waals surface area contributed by atoms with Crippen molar-refractivity contribution in [3.8, 4) is 0 Å². The topological polar surface area (TPSA) is 54.9 Å². The minimum atomic E-state index is 0.0429. The summed E-state index contributed by atoms with van der Waals surface area (Å²) < 4.78 is 0. The number of amides is 1. The molecule has 1 fully saturated rings. The van der Waals surface area contributed by atoms with Gasteiger partial charge in [-0.25, -0.2) is 0 Å². The van der Waals surface area contributed by atoms with E-state index >= 15 is 0 Å². The third kappa shape index (κ3) is 2.39. The van der Waals surface area contributed by atoms with E-state index in [2.05, 4.69) is 49.3 Å². The molecule has 1 aliphatic carbocycles. The minimum absolute atomic E-state index is 0.0429. The highest BCUT2D eigenvalue weighted by atomic mass is 32.1. The van der Waals surface area contributed by atoms with E-state index in [1.165, 1.54) is 16.9 Å². The molecule has 0 unspecified atom stereocenters. The van der Waals surface area contributed by atoms with E-state index in [1.807, 2.05) is 0 Å². The maximum absolute atomic E-state index is 12.1. The predicted molar refractivity (Wildman–Crippen MR) is 68.7 cm³/mol. The summed E-state index contributed by atoms with van der Waals surface area (Å²) in [6, 6.07) is 0. The molecule has 1 aromatic rings. The molecular formula is C12H17N3OS. The van der Waals surface area contributed by atoms with Gasteiger partial charge in [0.2, 0.25) is 11.0 Å². The Morgan fingerprint density at radius 3 is 2.76 bits per heavy atom. The van der Waals surface area contributed by atoms with Crippen molar-refractivity contribution < 1.29 is 4.79 Å². The van der Waals surface area contributed by atoms with Gasteiger partial charge in [-0.05, 0) is 25.2 Å². The van der Waals surface area contributed by atoms with Crippen molar-refractivity contribution in [3.63, 3.8) is 0 Å². The number of hydrogen-bond acceptors (Lipinski definition) is 4. The average molecular weight is 251 g/mol. The van der Waals surface area contributed by atoms with Crippen molar-refractivity contribution in [3.05, 3.63) is 17.2 Å². The highest BCUT2D eigenvalue weighted by Crippen LogP contribution is 2.59. The van der Waals surface area contributed by atoms with Crippen LogP contribution < -0.4 is 5.32 Å². The van der Waals surface area contributed by atoms with Gasteiger partial charge in [0.1, 0.15) is 5.51 Å². The second-order valence-electron chi connectivity index (χ2n) is 5.30. The number of nitrogens with one attached hydrogen (secondary N) is 1. The summed E-state index contributed by atoms with van der Waals surface area (Å²) in [7, 11) is 0. The minimum Gasteiger partial charge on any atom is -0.300 e. The molecule has 0 bridgehead atoms. The molecule has 0 spiro atoms. The molecule has 0 saturated heterocycles. The van der Waals surface area contributed by atoms with E-state index in [9.17, 15) is 4.79 Å². The smallest absolute Gasteiger partial charge is 0.230 e. The zero-order valence-electron chi connectivity index (χ0n) is 10.5. The van der Waals surface area contributed by atoms with Crippen LogP contribution in [0.25, 0.3) is 0 Å². The molecule has 4 nitrogen and oxygen atoms in total. The first-order valence-corrected chi connectivity index (χ1v) is 6.53. The average Bonchev–Trinajstić information content (AvgIpc) is 2.64. The Kier molecular flexibility index (Phi) is 3.03. The van der Waals surface area contributed by atoms with E-state index < -0.39 is 0 Å². The van der Waals surface area contributed by atoms with E-state index in [4.69, 9.17) is 0 Å². The zero-order chi connectivity index (χ0) is 12.6. The number of aromatic nitrogens is 2. The number of hydrogen-bond donors (Lipinski definition) is 1. The number of rotatable bonds is 3. The van der Waals surface area contributed by atoms with Crippen LogP contribution in [-0.2, 0) is 4.79 Å². The van der Waals surface area contributed by atoms with Crippen LogP contribution in [0.3, 0.4) is 0 Å². The summed E-state index contributed by atoms with van der Waals surface area (Å²) in [5.74, 6) is 0.427. The molecule has 1 aromatic heterocycles. The molecule has 17 heavy (non-hydrogen) atoms. The molecule has 1 amide bonds. The summed E-state index contributed by atoms with van der Waals surface area (Å²) in [5.41, 5.74) is 2.92. The maximum Gasteiger partial charge on any atom is 0.230 e. The largest absolute Gasteiger partial charge is 0.300 e. The number of allylic oxidation sites excluding steroid dienone is 2. The van der Waals surface area contributed by atoms with Gasteiger partial charge >= 0.3 is 0 Å². The monoisotopic (exact) mass is 251 g/mol. The normalized spacial score (nSPS) is 25.2. The van der Waals surface area contributed by atoms with Gasteiger partial charge in [-0.3, -0.25) is 4.79 Å². The number of nitrogens with zero attached hydrogens (tertiary/aromatic N) is 2. The SMILES string of the molecule is CC(C)=C[C@H]1[C@@H](C(=O)Nc2nncs2)C1(C)C. The van der Waals surface area contributed by atoms with Crippen LogP contribution in [0.1, 0.15) is 27.7 Å². The van der Waals surface area contributed by atoms with Crippen LogP contribution >= 0.6 is 11.3 Å². The molecule has 1 saturated carbocycles. The van der Waals surface area contributed by atoms with Crippen molar-refractivity contribution >= 4 is 22.4 Å². The van der Waals surface area contributed by atoms with Gasteiger partial charge in [0.25, 0.3) is 0 Å². The lowest BCUT2D eigenvalue weighted by Crippen LogP contribution is -2.16. The molecule has 1 aliphatic rings. The molecule has 5 heteroatoms. The fourth-order valence-corrected chi connectivity index (χ4v) is 2.71. The molecule has 2 atom stereocenters. The number of carbonyl (C=O) groups excluding carboxylic acids is 1. The summed E-state index contributed by atoms with van der Waals surface area (Å²) in [6.45, 7) is 8.38. The van der Waals surface area contributed by atoms with E-state index in [-0.39, 0.29) is 17.2 Å². The van der Waals surface area contributed by atoms with Crippen LogP contribution in [0.2, 0.25) is 0 Å². The number of carbonyl (C=O) groups is 1. The molecule has 0 radical (unpaired) electrons. The van der Waals surface area contributed by atoms with Crippen LogP contribution in [0.4, 0.5) is 5.13 Å². The van der Waals surface area contributed by atoms with Gasteiger partial charge < -0.3 is 5.32 Å². The molecule has 2 rings (SSSR count). The van der Waals surface area contributed by atoms with E-state index in [0.29, 0.717) is 11.0 Å². The highest BCUT2D eigenvalue weighted by Gasteiger charge is 2.60. The molecular weight excluding hydrogens is 234 g/mol. The lowest BCUT2D eigenvalue weighted by Gasteiger charge is -2.01. The van der Waals surface area contributed by atoms with Crippen molar-refractivity contribution in [2.75, 3.05) is 5.32 Å². The molecule has 0 aliphatic heterocycles. The Labute approximate surface area is 105 Å². The lowest BCUT2D eigenvalue weighted by atomic mass is 10.1. The molecule has 92 valence electrons. The quantitative estimate of drug-likeness (QED) is 0.840.